The standard InChI is InChI=1S/C15H17FN2/c1-3-18-15(12-6-4-5-11(2)9-12)13-7-8-17-10-14(13)16/h4-10,15,18H,3H2,1-2H3. The minimum Gasteiger partial charge on any atom is -0.306 e. The molecule has 0 fully saturated rings. The zero-order valence-electron chi connectivity index (χ0n) is 10.7. The second kappa shape index (κ2) is 5.74. The molecular weight excluding hydrogens is 227 g/mol. The fourth-order valence-electron chi connectivity index (χ4n) is 2.08. The summed E-state index contributed by atoms with van der Waals surface area (Å²) >= 11 is 0. The Kier molecular flexibility index (Phi) is 4.05. The van der Waals surface area contributed by atoms with Gasteiger partial charge in [-0.05, 0) is 25.1 Å². The van der Waals surface area contributed by atoms with E-state index in [-0.39, 0.29) is 11.9 Å². The van der Waals surface area contributed by atoms with Crippen molar-refractivity contribution < 1.29 is 4.39 Å². The van der Waals surface area contributed by atoms with Crippen molar-refractivity contribution in [2.45, 2.75) is 19.9 Å². The topological polar surface area (TPSA) is 24.9 Å². The number of benzene rings is 1. The van der Waals surface area contributed by atoms with Crippen LogP contribution in [0.1, 0.15) is 29.7 Å². The fourth-order valence-corrected chi connectivity index (χ4v) is 2.08. The number of pyridine rings is 1. The van der Waals surface area contributed by atoms with E-state index in [1.54, 1.807) is 12.3 Å². The van der Waals surface area contributed by atoms with E-state index in [4.69, 9.17) is 0 Å². The summed E-state index contributed by atoms with van der Waals surface area (Å²) in [5, 5.41) is 3.32. The Morgan fingerprint density at radius 3 is 2.83 bits per heavy atom. The molecule has 0 aliphatic rings. The van der Waals surface area contributed by atoms with Gasteiger partial charge in [-0.15, -0.1) is 0 Å². The van der Waals surface area contributed by atoms with Gasteiger partial charge >= 0.3 is 0 Å². The third kappa shape index (κ3) is 2.74. The second-order valence-corrected chi connectivity index (χ2v) is 4.30. The van der Waals surface area contributed by atoms with Crippen molar-refractivity contribution in [2.75, 3.05) is 6.54 Å². The molecule has 0 saturated heterocycles. The number of nitrogens with zero attached hydrogens (tertiary/aromatic N) is 1. The van der Waals surface area contributed by atoms with Gasteiger partial charge < -0.3 is 5.32 Å². The number of aryl methyl sites for hydroxylation is 1. The number of hydrogen-bond donors (Lipinski definition) is 1. The maximum Gasteiger partial charge on any atom is 0.146 e. The number of aromatic nitrogens is 1. The Labute approximate surface area is 107 Å². The van der Waals surface area contributed by atoms with Gasteiger partial charge in [-0.25, -0.2) is 4.39 Å². The van der Waals surface area contributed by atoms with E-state index in [0.29, 0.717) is 5.56 Å². The lowest BCUT2D eigenvalue weighted by Crippen LogP contribution is -2.23. The molecule has 0 radical (unpaired) electrons. The van der Waals surface area contributed by atoms with Crippen LogP contribution >= 0.6 is 0 Å². The predicted molar refractivity (Wildman–Crippen MR) is 70.9 cm³/mol. The summed E-state index contributed by atoms with van der Waals surface area (Å²) in [4.78, 5) is 3.80. The molecule has 0 saturated carbocycles. The monoisotopic (exact) mass is 244 g/mol. The number of nitrogens with one attached hydrogen (secondary N) is 1. The SMILES string of the molecule is CCNC(c1cccc(C)c1)c1ccncc1F. The van der Waals surface area contributed by atoms with Gasteiger partial charge in [-0.2, -0.15) is 0 Å². The van der Waals surface area contributed by atoms with Gasteiger partial charge in [0.1, 0.15) is 5.82 Å². The highest BCUT2D eigenvalue weighted by Gasteiger charge is 2.16. The molecule has 2 nitrogen and oxygen atoms in total. The Morgan fingerprint density at radius 2 is 2.17 bits per heavy atom. The summed E-state index contributed by atoms with van der Waals surface area (Å²) in [5.74, 6) is -0.273. The molecule has 3 heteroatoms. The predicted octanol–water partition coefficient (Wildman–Crippen LogP) is 3.23. The van der Waals surface area contributed by atoms with Crippen molar-refractivity contribution in [3.05, 3.63) is 65.2 Å². The van der Waals surface area contributed by atoms with Gasteiger partial charge in [-0.1, -0.05) is 36.8 Å². The molecule has 1 unspecified atom stereocenters. The molecular formula is C15H17FN2. The zero-order chi connectivity index (χ0) is 13.0. The Balaban J connectivity index is 2.43. The van der Waals surface area contributed by atoms with Gasteiger partial charge in [0, 0.05) is 11.8 Å². The quantitative estimate of drug-likeness (QED) is 0.893. The van der Waals surface area contributed by atoms with Crippen molar-refractivity contribution in [3.63, 3.8) is 0 Å². The molecule has 0 aliphatic heterocycles. The third-order valence-electron chi connectivity index (χ3n) is 2.90. The van der Waals surface area contributed by atoms with Gasteiger partial charge in [-0.3, -0.25) is 4.98 Å². The van der Waals surface area contributed by atoms with Crippen LogP contribution in [0.2, 0.25) is 0 Å². The average Bonchev–Trinajstić information content (AvgIpc) is 2.37. The van der Waals surface area contributed by atoms with E-state index >= 15 is 0 Å². The molecule has 2 aromatic rings. The van der Waals surface area contributed by atoms with Gasteiger partial charge in [0.15, 0.2) is 0 Å². The minimum atomic E-state index is -0.273. The van der Waals surface area contributed by atoms with E-state index in [9.17, 15) is 4.39 Å². The van der Waals surface area contributed by atoms with Crippen LogP contribution < -0.4 is 5.32 Å². The van der Waals surface area contributed by atoms with Crippen LogP contribution in [-0.2, 0) is 0 Å². The van der Waals surface area contributed by atoms with Crippen LogP contribution in [0.15, 0.2) is 42.7 Å². The molecule has 18 heavy (non-hydrogen) atoms. The first-order chi connectivity index (χ1) is 8.72. The first-order valence-electron chi connectivity index (χ1n) is 6.11. The van der Waals surface area contributed by atoms with E-state index in [1.165, 1.54) is 11.8 Å². The van der Waals surface area contributed by atoms with Crippen LogP contribution in [-0.4, -0.2) is 11.5 Å². The zero-order valence-corrected chi connectivity index (χ0v) is 10.7. The maximum absolute atomic E-state index is 13.8. The molecule has 94 valence electrons. The highest BCUT2D eigenvalue weighted by Crippen LogP contribution is 2.24. The normalized spacial score (nSPS) is 12.4. The molecule has 0 bridgehead atoms. The summed E-state index contributed by atoms with van der Waals surface area (Å²) in [6.07, 6.45) is 2.88. The first kappa shape index (κ1) is 12.7. The van der Waals surface area contributed by atoms with Crippen LogP contribution in [0.4, 0.5) is 4.39 Å². The molecule has 1 N–H and O–H groups in total. The molecule has 1 atom stereocenters. The lowest BCUT2D eigenvalue weighted by atomic mass is 9.98. The number of hydrogen-bond acceptors (Lipinski definition) is 2. The van der Waals surface area contributed by atoms with E-state index in [0.717, 1.165) is 12.1 Å². The van der Waals surface area contributed by atoms with Crippen molar-refractivity contribution in [1.29, 1.82) is 0 Å². The van der Waals surface area contributed by atoms with Gasteiger partial charge in [0.05, 0.1) is 12.2 Å². The molecule has 2 rings (SSSR count). The average molecular weight is 244 g/mol. The summed E-state index contributed by atoms with van der Waals surface area (Å²) in [6, 6.07) is 9.72. The molecule has 1 aromatic carbocycles. The van der Waals surface area contributed by atoms with E-state index in [2.05, 4.69) is 16.4 Å². The van der Waals surface area contributed by atoms with Crippen LogP contribution in [0.3, 0.4) is 0 Å². The highest BCUT2D eigenvalue weighted by molar-refractivity contribution is 5.33. The lowest BCUT2D eigenvalue weighted by Gasteiger charge is -2.19. The van der Waals surface area contributed by atoms with Gasteiger partial charge in [0.25, 0.3) is 0 Å². The fraction of sp³-hybridized carbons (Fsp3) is 0.267. The Hall–Kier alpha value is -1.74. The van der Waals surface area contributed by atoms with Crippen molar-refractivity contribution in [3.8, 4) is 0 Å². The third-order valence-corrected chi connectivity index (χ3v) is 2.90. The van der Waals surface area contributed by atoms with E-state index in [1.807, 2.05) is 32.0 Å². The van der Waals surface area contributed by atoms with Gasteiger partial charge in [0.2, 0.25) is 0 Å². The molecule has 1 aromatic heterocycles. The molecule has 1 heterocycles. The lowest BCUT2D eigenvalue weighted by molar-refractivity contribution is 0.554. The summed E-state index contributed by atoms with van der Waals surface area (Å²) in [6.45, 7) is 4.83. The maximum atomic E-state index is 13.8. The Bertz CT molecular complexity index is 525. The molecule has 0 aliphatic carbocycles. The number of halogens is 1. The minimum absolute atomic E-state index is 0.127. The van der Waals surface area contributed by atoms with Crippen LogP contribution in [0.25, 0.3) is 0 Å². The molecule has 0 amide bonds. The van der Waals surface area contributed by atoms with E-state index < -0.39 is 0 Å². The van der Waals surface area contributed by atoms with Crippen LogP contribution in [0, 0.1) is 12.7 Å². The van der Waals surface area contributed by atoms with Crippen LogP contribution in [0.5, 0.6) is 0 Å². The second-order valence-electron chi connectivity index (χ2n) is 4.30. The summed E-state index contributed by atoms with van der Waals surface area (Å²) < 4.78 is 13.8. The van der Waals surface area contributed by atoms with Crippen molar-refractivity contribution in [2.24, 2.45) is 0 Å². The largest absolute Gasteiger partial charge is 0.306 e. The highest BCUT2D eigenvalue weighted by atomic mass is 19.1. The first-order valence-corrected chi connectivity index (χ1v) is 6.11. The van der Waals surface area contributed by atoms with Crippen molar-refractivity contribution >= 4 is 0 Å². The Morgan fingerprint density at radius 1 is 1.33 bits per heavy atom. The summed E-state index contributed by atoms with van der Waals surface area (Å²) in [5.41, 5.74) is 2.88. The number of rotatable bonds is 4. The molecule has 0 spiro atoms. The van der Waals surface area contributed by atoms with Crippen molar-refractivity contribution in [1.82, 2.24) is 10.3 Å². The smallest absolute Gasteiger partial charge is 0.146 e. The summed E-state index contributed by atoms with van der Waals surface area (Å²) in [7, 11) is 0.